The number of furan rings is 1. The summed E-state index contributed by atoms with van der Waals surface area (Å²) < 4.78 is 14.5. The van der Waals surface area contributed by atoms with Gasteiger partial charge >= 0.3 is 5.97 Å². The Labute approximate surface area is 236 Å². The highest BCUT2D eigenvalue weighted by molar-refractivity contribution is 9.10. The lowest BCUT2D eigenvalue weighted by Gasteiger charge is -2.25. The molecule has 0 N–H and O–H groups in total. The van der Waals surface area contributed by atoms with E-state index in [2.05, 4.69) is 20.9 Å². The highest BCUT2D eigenvalue weighted by atomic mass is 79.9. The van der Waals surface area contributed by atoms with Gasteiger partial charge in [-0.2, -0.15) is 0 Å². The molecule has 8 heteroatoms. The van der Waals surface area contributed by atoms with Gasteiger partial charge in [-0.15, -0.1) is 0 Å². The van der Waals surface area contributed by atoms with Gasteiger partial charge in [0.2, 0.25) is 0 Å². The molecule has 39 heavy (non-hydrogen) atoms. The number of hydrogen-bond donors (Lipinski definition) is 0. The summed E-state index contributed by atoms with van der Waals surface area (Å²) in [6, 6.07) is 24.7. The van der Waals surface area contributed by atoms with E-state index in [0.29, 0.717) is 32.1 Å². The Balaban J connectivity index is 1.53. The van der Waals surface area contributed by atoms with Crippen molar-refractivity contribution in [2.24, 2.45) is 4.99 Å². The predicted octanol–water partition coefficient (Wildman–Crippen LogP) is 5.97. The molecule has 3 heterocycles. The van der Waals surface area contributed by atoms with Crippen molar-refractivity contribution in [3.05, 3.63) is 126 Å². The Hall–Kier alpha value is -4.01. The van der Waals surface area contributed by atoms with Crippen LogP contribution in [0.4, 0.5) is 0 Å². The van der Waals surface area contributed by atoms with Crippen LogP contribution >= 0.6 is 27.3 Å². The molecule has 0 saturated heterocycles. The molecule has 0 aliphatic carbocycles. The fourth-order valence-electron chi connectivity index (χ4n) is 4.90. The summed E-state index contributed by atoms with van der Waals surface area (Å²) in [7, 11) is 0. The van der Waals surface area contributed by atoms with Gasteiger partial charge in [-0.05, 0) is 54.4 Å². The Morgan fingerprint density at radius 2 is 1.85 bits per heavy atom. The fourth-order valence-corrected chi connectivity index (χ4v) is 6.19. The van der Waals surface area contributed by atoms with E-state index in [0.717, 1.165) is 26.4 Å². The number of halogens is 1. The van der Waals surface area contributed by atoms with Crippen LogP contribution in [0.25, 0.3) is 28.2 Å². The van der Waals surface area contributed by atoms with E-state index in [1.54, 1.807) is 24.5 Å². The number of esters is 1. The largest absolute Gasteiger partial charge is 0.463 e. The molecule has 1 aliphatic rings. The summed E-state index contributed by atoms with van der Waals surface area (Å²) in [5, 5.41) is 1.98. The summed E-state index contributed by atoms with van der Waals surface area (Å²) in [4.78, 5) is 32.4. The molecule has 0 bridgehead atoms. The number of carbonyl (C=O) groups excluding carboxylic acids is 1. The predicted molar refractivity (Wildman–Crippen MR) is 156 cm³/mol. The van der Waals surface area contributed by atoms with Gasteiger partial charge in [-0.25, -0.2) is 9.79 Å². The summed E-state index contributed by atoms with van der Waals surface area (Å²) in [5.74, 6) is 0.785. The molecule has 194 valence electrons. The molecule has 2 aromatic heterocycles. The Morgan fingerprint density at radius 1 is 1.08 bits per heavy atom. The molecular formula is C31H23BrN2O4S. The Bertz CT molecular complexity index is 1940. The van der Waals surface area contributed by atoms with Gasteiger partial charge in [0.1, 0.15) is 11.5 Å². The first-order valence-electron chi connectivity index (χ1n) is 12.5. The lowest BCUT2D eigenvalue weighted by atomic mass is 9.91. The van der Waals surface area contributed by atoms with Crippen molar-refractivity contribution in [3.8, 4) is 11.3 Å². The molecule has 1 atom stereocenters. The normalized spacial score (nSPS) is 15.4. The van der Waals surface area contributed by atoms with Crippen LogP contribution in [0.15, 0.2) is 109 Å². The van der Waals surface area contributed by atoms with E-state index in [4.69, 9.17) is 9.15 Å². The van der Waals surface area contributed by atoms with Crippen LogP contribution in [0.2, 0.25) is 0 Å². The molecule has 1 aliphatic heterocycles. The summed E-state index contributed by atoms with van der Waals surface area (Å²) >= 11 is 4.72. The lowest BCUT2D eigenvalue weighted by Crippen LogP contribution is -2.40. The van der Waals surface area contributed by atoms with E-state index in [9.17, 15) is 9.59 Å². The second-order valence-corrected chi connectivity index (χ2v) is 11.0. The number of aromatic nitrogens is 1. The zero-order valence-electron chi connectivity index (χ0n) is 21.2. The minimum absolute atomic E-state index is 0.224. The average Bonchev–Trinajstić information content (AvgIpc) is 3.52. The van der Waals surface area contributed by atoms with Gasteiger partial charge in [-0.1, -0.05) is 81.9 Å². The van der Waals surface area contributed by atoms with E-state index in [1.807, 2.05) is 78.9 Å². The number of fused-ring (bicyclic) bond motifs is 2. The van der Waals surface area contributed by atoms with Crippen LogP contribution in [-0.4, -0.2) is 17.1 Å². The fraction of sp³-hybridized carbons (Fsp3) is 0.129. The van der Waals surface area contributed by atoms with Crippen molar-refractivity contribution in [1.29, 1.82) is 0 Å². The minimum Gasteiger partial charge on any atom is -0.463 e. The zero-order valence-corrected chi connectivity index (χ0v) is 23.6. The van der Waals surface area contributed by atoms with Gasteiger partial charge in [0, 0.05) is 16.1 Å². The maximum atomic E-state index is 13.9. The molecule has 0 amide bonds. The molecule has 0 fully saturated rings. The van der Waals surface area contributed by atoms with E-state index >= 15 is 0 Å². The van der Waals surface area contributed by atoms with Crippen molar-refractivity contribution >= 4 is 50.1 Å². The van der Waals surface area contributed by atoms with Crippen molar-refractivity contribution in [2.45, 2.75) is 19.9 Å². The van der Waals surface area contributed by atoms with E-state index < -0.39 is 12.0 Å². The standard InChI is InChI=1S/C31H23BrN2O4S/c1-3-37-30(36)27-18(2)33-31-34(28(27)24-10-6-8-19-7-4-5-9-23(19)24)29(35)26(39-31)17-22-15-16-25(38-22)20-11-13-21(32)14-12-20/h4-17,28H,3H2,1-2H3/b26-17-/t28-/m0/s1. The monoisotopic (exact) mass is 598 g/mol. The molecule has 3 aromatic carbocycles. The van der Waals surface area contributed by atoms with Crippen LogP contribution in [0.5, 0.6) is 0 Å². The number of nitrogens with zero attached hydrogens (tertiary/aromatic N) is 2. The molecule has 0 unspecified atom stereocenters. The number of carbonyl (C=O) groups is 1. The van der Waals surface area contributed by atoms with Gasteiger partial charge in [0.15, 0.2) is 4.80 Å². The van der Waals surface area contributed by atoms with E-state index in [1.165, 1.54) is 11.3 Å². The van der Waals surface area contributed by atoms with Crippen molar-refractivity contribution < 1.29 is 13.9 Å². The van der Waals surface area contributed by atoms with Gasteiger partial charge in [0.05, 0.1) is 28.5 Å². The quantitative estimate of drug-likeness (QED) is 0.233. The molecule has 0 spiro atoms. The minimum atomic E-state index is -0.677. The van der Waals surface area contributed by atoms with Crippen LogP contribution in [0.3, 0.4) is 0 Å². The topological polar surface area (TPSA) is 73.8 Å². The maximum absolute atomic E-state index is 13.9. The molecule has 6 nitrogen and oxygen atoms in total. The van der Waals surface area contributed by atoms with Crippen molar-refractivity contribution in [3.63, 3.8) is 0 Å². The smallest absolute Gasteiger partial charge is 0.338 e. The van der Waals surface area contributed by atoms with Crippen LogP contribution in [0.1, 0.15) is 31.2 Å². The number of hydrogen-bond acceptors (Lipinski definition) is 6. The van der Waals surface area contributed by atoms with Crippen LogP contribution in [0, 0.1) is 0 Å². The highest BCUT2D eigenvalue weighted by Gasteiger charge is 2.34. The third kappa shape index (κ3) is 4.60. The highest BCUT2D eigenvalue weighted by Crippen LogP contribution is 2.35. The van der Waals surface area contributed by atoms with Gasteiger partial charge in [-0.3, -0.25) is 9.36 Å². The number of ether oxygens (including phenoxy) is 1. The van der Waals surface area contributed by atoms with Crippen LogP contribution < -0.4 is 14.9 Å². The summed E-state index contributed by atoms with van der Waals surface area (Å²) in [6.45, 7) is 3.78. The second-order valence-electron chi connectivity index (χ2n) is 9.08. The molecule has 0 radical (unpaired) electrons. The molecular weight excluding hydrogens is 576 g/mol. The third-order valence-electron chi connectivity index (χ3n) is 6.66. The second kappa shape index (κ2) is 10.3. The van der Waals surface area contributed by atoms with Gasteiger partial charge < -0.3 is 9.15 Å². The molecule has 5 aromatic rings. The maximum Gasteiger partial charge on any atom is 0.338 e. The molecule has 6 rings (SSSR count). The number of allylic oxidation sites excluding steroid dienone is 1. The van der Waals surface area contributed by atoms with Crippen LogP contribution in [-0.2, 0) is 9.53 Å². The third-order valence-corrected chi connectivity index (χ3v) is 8.18. The number of rotatable bonds is 5. The summed E-state index contributed by atoms with van der Waals surface area (Å²) in [6.07, 6.45) is 1.73. The van der Waals surface area contributed by atoms with Gasteiger partial charge in [0.25, 0.3) is 5.56 Å². The molecule has 0 saturated carbocycles. The average molecular weight is 600 g/mol. The SMILES string of the molecule is CCOC(=O)C1=C(C)N=c2s/c(=C\c3ccc(-c4ccc(Br)cc4)o3)c(=O)n2[C@H]1c1cccc2ccccc12. The zero-order chi connectivity index (χ0) is 27.1. The van der Waals surface area contributed by atoms with Crippen molar-refractivity contribution in [1.82, 2.24) is 4.57 Å². The van der Waals surface area contributed by atoms with Crippen molar-refractivity contribution in [2.75, 3.05) is 6.61 Å². The summed E-state index contributed by atoms with van der Waals surface area (Å²) in [5.41, 5.74) is 2.43. The first kappa shape index (κ1) is 25.3. The number of benzene rings is 3. The lowest BCUT2D eigenvalue weighted by molar-refractivity contribution is -0.139. The Morgan fingerprint density at radius 3 is 2.64 bits per heavy atom. The van der Waals surface area contributed by atoms with E-state index in [-0.39, 0.29) is 12.2 Å². The first-order chi connectivity index (χ1) is 18.9. The Kier molecular flexibility index (Phi) is 6.66. The first-order valence-corrected chi connectivity index (χ1v) is 14.1. The number of thiazole rings is 1.